The van der Waals surface area contributed by atoms with E-state index in [0.717, 1.165) is 43.2 Å². The van der Waals surface area contributed by atoms with Crippen LogP contribution in [0.2, 0.25) is 5.02 Å². The van der Waals surface area contributed by atoms with Gasteiger partial charge in [0, 0.05) is 44.2 Å². The van der Waals surface area contributed by atoms with Gasteiger partial charge in [0.1, 0.15) is 5.25 Å². The van der Waals surface area contributed by atoms with Crippen molar-refractivity contribution in [3.8, 4) is 0 Å². The van der Waals surface area contributed by atoms with Crippen LogP contribution in [0.1, 0.15) is 10.8 Å². The molecular formula is C20H24ClN3OS. The molecule has 1 unspecified atom stereocenters. The monoisotopic (exact) mass is 389 g/mol. The van der Waals surface area contributed by atoms with E-state index >= 15 is 0 Å². The Balaban J connectivity index is 1.64. The molecule has 1 amide bonds. The number of halogens is 1. The van der Waals surface area contributed by atoms with E-state index in [4.69, 9.17) is 11.6 Å². The Morgan fingerprint density at radius 2 is 1.81 bits per heavy atom. The molecule has 1 heterocycles. The molecule has 0 aliphatic carbocycles. The molecule has 1 atom stereocenters. The predicted molar refractivity (Wildman–Crippen MR) is 109 cm³/mol. The van der Waals surface area contributed by atoms with E-state index in [1.807, 2.05) is 54.6 Å². The molecule has 4 nitrogen and oxygen atoms in total. The predicted octanol–water partition coefficient (Wildman–Crippen LogP) is 3.19. The summed E-state index contributed by atoms with van der Waals surface area (Å²) in [6, 6.07) is 17.5. The number of rotatable bonds is 7. The van der Waals surface area contributed by atoms with Crippen LogP contribution in [0.4, 0.5) is 0 Å². The Morgan fingerprint density at radius 1 is 1.12 bits per heavy atom. The van der Waals surface area contributed by atoms with Gasteiger partial charge in [-0.25, -0.2) is 0 Å². The van der Waals surface area contributed by atoms with Crippen molar-refractivity contribution in [3.05, 3.63) is 65.2 Å². The highest BCUT2D eigenvalue weighted by Gasteiger charge is 2.23. The van der Waals surface area contributed by atoms with Crippen molar-refractivity contribution in [1.29, 1.82) is 0 Å². The summed E-state index contributed by atoms with van der Waals surface area (Å²) < 4.78 is 0. The highest BCUT2D eigenvalue weighted by atomic mass is 35.5. The number of piperazine rings is 1. The molecule has 1 aliphatic heterocycles. The molecule has 0 aromatic heterocycles. The number of carbonyl (C=O) groups is 1. The van der Waals surface area contributed by atoms with Crippen molar-refractivity contribution in [1.82, 2.24) is 15.5 Å². The Hall–Kier alpha value is -1.53. The van der Waals surface area contributed by atoms with E-state index in [1.165, 1.54) is 11.8 Å². The zero-order valence-corrected chi connectivity index (χ0v) is 16.2. The van der Waals surface area contributed by atoms with Crippen LogP contribution in [0.25, 0.3) is 0 Å². The molecule has 3 rings (SSSR count). The average Bonchev–Trinajstić information content (AvgIpc) is 2.69. The highest BCUT2D eigenvalue weighted by molar-refractivity contribution is 8.00. The Morgan fingerprint density at radius 3 is 2.54 bits per heavy atom. The first kappa shape index (κ1) is 19.2. The van der Waals surface area contributed by atoms with Gasteiger partial charge in [-0.2, -0.15) is 0 Å². The van der Waals surface area contributed by atoms with Gasteiger partial charge in [-0.15, -0.1) is 11.8 Å². The molecule has 2 aromatic rings. The van der Waals surface area contributed by atoms with Crippen molar-refractivity contribution in [2.75, 3.05) is 39.3 Å². The van der Waals surface area contributed by atoms with E-state index in [9.17, 15) is 4.79 Å². The van der Waals surface area contributed by atoms with Gasteiger partial charge in [0.05, 0.1) is 5.02 Å². The largest absolute Gasteiger partial charge is 0.354 e. The maximum absolute atomic E-state index is 12.9. The minimum Gasteiger partial charge on any atom is -0.354 e. The van der Waals surface area contributed by atoms with Crippen LogP contribution >= 0.6 is 23.4 Å². The summed E-state index contributed by atoms with van der Waals surface area (Å²) in [5, 5.41) is 6.80. The van der Waals surface area contributed by atoms with Gasteiger partial charge in [0.25, 0.3) is 0 Å². The molecule has 2 N–H and O–H groups in total. The van der Waals surface area contributed by atoms with E-state index < -0.39 is 0 Å². The summed E-state index contributed by atoms with van der Waals surface area (Å²) >= 11 is 7.80. The number of amides is 1. The lowest BCUT2D eigenvalue weighted by Crippen LogP contribution is -2.46. The molecule has 26 heavy (non-hydrogen) atoms. The van der Waals surface area contributed by atoms with Gasteiger partial charge in [0.2, 0.25) is 5.91 Å². The quantitative estimate of drug-likeness (QED) is 0.714. The molecule has 1 saturated heterocycles. The smallest absolute Gasteiger partial charge is 0.238 e. The fourth-order valence-electron chi connectivity index (χ4n) is 2.93. The SMILES string of the molecule is O=C(NCCN1CCNCC1)C(Sc1ccccc1Cl)c1ccccc1. The summed E-state index contributed by atoms with van der Waals surface area (Å²) in [7, 11) is 0. The summed E-state index contributed by atoms with van der Waals surface area (Å²) in [6.07, 6.45) is 0. The first-order chi connectivity index (χ1) is 12.7. The number of carbonyl (C=O) groups excluding carboxylic acids is 1. The highest BCUT2D eigenvalue weighted by Crippen LogP contribution is 2.38. The van der Waals surface area contributed by atoms with E-state index in [2.05, 4.69) is 15.5 Å². The molecule has 1 fully saturated rings. The summed E-state index contributed by atoms with van der Waals surface area (Å²) in [5.74, 6) is 0.0243. The molecule has 0 spiro atoms. The van der Waals surface area contributed by atoms with Gasteiger partial charge >= 0.3 is 0 Å². The Kier molecular flexibility index (Phi) is 7.38. The normalized spacial score (nSPS) is 16.2. The minimum absolute atomic E-state index is 0.0243. The van der Waals surface area contributed by atoms with Crippen molar-refractivity contribution in [2.24, 2.45) is 0 Å². The lowest BCUT2D eigenvalue weighted by molar-refractivity contribution is -0.120. The number of benzene rings is 2. The lowest BCUT2D eigenvalue weighted by Gasteiger charge is -2.27. The van der Waals surface area contributed by atoms with Crippen LogP contribution in [-0.4, -0.2) is 50.1 Å². The first-order valence-electron chi connectivity index (χ1n) is 8.91. The molecule has 138 valence electrons. The first-order valence-corrected chi connectivity index (χ1v) is 10.2. The zero-order valence-electron chi connectivity index (χ0n) is 14.7. The fourth-order valence-corrected chi connectivity index (χ4v) is 4.28. The van der Waals surface area contributed by atoms with Crippen LogP contribution in [-0.2, 0) is 4.79 Å². The topological polar surface area (TPSA) is 44.4 Å². The number of hydrogen-bond acceptors (Lipinski definition) is 4. The Labute approximate surface area is 164 Å². The van der Waals surface area contributed by atoms with E-state index in [0.29, 0.717) is 11.6 Å². The van der Waals surface area contributed by atoms with Gasteiger partial charge in [0.15, 0.2) is 0 Å². The maximum atomic E-state index is 12.9. The number of thioether (sulfide) groups is 1. The number of nitrogens with one attached hydrogen (secondary N) is 2. The van der Waals surface area contributed by atoms with Crippen LogP contribution in [0.15, 0.2) is 59.5 Å². The molecule has 0 radical (unpaired) electrons. The molecule has 2 aromatic carbocycles. The second-order valence-electron chi connectivity index (χ2n) is 6.22. The van der Waals surface area contributed by atoms with Gasteiger partial charge < -0.3 is 10.6 Å². The van der Waals surface area contributed by atoms with Crippen LogP contribution in [0.5, 0.6) is 0 Å². The number of nitrogens with zero attached hydrogens (tertiary/aromatic N) is 1. The summed E-state index contributed by atoms with van der Waals surface area (Å²) in [6.45, 7) is 5.64. The molecule has 6 heteroatoms. The average molecular weight is 390 g/mol. The second kappa shape index (κ2) is 9.97. The third-order valence-corrected chi connectivity index (χ3v) is 6.13. The third-order valence-electron chi connectivity index (χ3n) is 4.36. The standard InChI is InChI=1S/C20H24ClN3OS/c21-17-8-4-5-9-18(17)26-19(16-6-2-1-3-7-16)20(25)23-12-15-24-13-10-22-11-14-24/h1-9,19,22H,10-15H2,(H,23,25). The number of hydrogen-bond donors (Lipinski definition) is 2. The molecule has 1 aliphatic rings. The molecule has 0 bridgehead atoms. The second-order valence-corrected chi connectivity index (χ2v) is 7.78. The van der Waals surface area contributed by atoms with Crippen molar-refractivity contribution in [2.45, 2.75) is 10.1 Å². The molecular weight excluding hydrogens is 366 g/mol. The van der Waals surface area contributed by atoms with Crippen LogP contribution < -0.4 is 10.6 Å². The van der Waals surface area contributed by atoms with E-state index in [-0.39, 0.29) is 11.2 Å². The lowest BCUT2D eigenvalue weighted by atomic mass is 10.1. The van der Waals surface area contributed by atoms with E-state index in [1.54, 1.807) is 0 Å². The Bertz CT molecular complexity index is 707. The van der Waals surface area contributed by atoms with Gasteiger partial charge in [-0.1, -0.05) is 54.1 Å². The third kappa shape index (κ3) is 5.48. The molecule has 0 saturated carbocycles. The van der Waals surface area contributed by atoms with Crippen LogP contribution in [0.3, 0.4) is 0 Å². The van der Waals surface area contributed by atoms with Crippen molar-refractivity contribution >= 4 is 29.3 Å². The van der Waals surface area contributed by atoms with Crippen molar-refractivity contribution < 1.29 is 4.79 Å². The van der Waals surface area contributed by atoms with Gasteiger partial charge in [-0.05, 0) is 17.7 Å². The summed E-state index contributed by atoms with van der Waals surface area (Å²) in [5.41, 5.74) is 0.983. The fraction of sp³-hybridized carbons (Fsp3) is 0.350. The maximum Gasteiger partial charge on any atom is 0.238 e. The zero-order chi connectivity index (χ0) is 18.2. The van der Waals surface area contributed by atoms with Crippen LogP contribution in [0, 0.1) is 0 Å². The van der Waals surface area contributed by atoms with Gasteiger partial charge in [-0.3, -0.25) is 9.69 Å². The summed E-state index contributed by atoms with van der Waals surface area (Å²) in [4.78, 5) is 16.2. The van der Waals surface area contributed by atoms with Crippen molar-refractivity contribution in [3.63, 3.8) is 0 Å². The minimum atomic E-state index is -0.320.